The summed E-state index contributed by atoms with van der Waals surface area (Å²) in [5.41, 5.74) is 2.95. The number of hydrogen-bond acceptors (Lipinski definition) is 4. The van der Waals surface area contributed by atoms with E-state index in [1.54, 1.807) is 29.2 Å². The molecule has 140 valence electrons. The van der Waals surface area contributed by atoms with Gasteiger partial charge in [0.05, 0.1) is 19.0 Å². The van der Waals surface area contributed by atoms with Crippen molar-refractivity contribution in [2.24, 2.45) is 5.10 Å². The van der Waals surface area contributed by atoms with Crippen molar-refractivity contribution in [1.82, 2.24) is 24.7 Å². The molecule has 0 aliphatic heterocycles. The highest BCUT2D eigenvalue weighted by Crippen LogP contribution is 2.10. The van der Waals surface area contributed by atoms with Gasteiger partial charge in [-0.3, -0.25) is 9.78 Å². The zero-order chi connectivity index (χ0) is 19.3. The minimum atomic E-state index is -0.270. The van der Waals surface area contributed by atoms with Gasteiger partial charge in [0, 0.05) is 18.2 Å². The van der Waals surface area contributed by atoms with Crippen molar-refractivity contribution in [3.8, 4) is 0 Å². The van der Waals surface area contributed by atoms with Gasteiger partial charge in [-0.2, -0.15) is 20.0 Å². The van der Waals surface area contributed by atoms with E-state index in [2.05, 4.69) is 32.5 Å². The first-order chi connectivity index (χ1) is 13.7. The van der Waals surface area contributed by atoms with Gasteiger partial charge < -0.3 is 0 Å². The van der Waals surface area contributed by atoms with Crippen molar-refractivity contribution in [2.75, 3.05) is 0 Å². The lowest BCUT2D eigenvalue weighted by atomic mass is 10.1. The Hall–Kier alpha value is -3.39. The van der Waals surface area contributed by atoms with E-state index in [9.17, 15) is 4.39 Å². The summed E-state index contributed by atoms with van der Waals surface area (Å²) in [6.45, 7) is 0.690. The van der Waals surface area contributed by atoms with Gasteiger partial charge in [-0.1, -0.05) is 42.5 Å². The second-order valence-electron chi connectivity index (χ2n) is 6.26. The van der Waals surface area contributed by atoms with E-state index < -0.39 is 0 Å². The number of nitrogens with zero attached hydrogens (tertiary/aromatic N) is 5. The predicted molar refractivity (Wildman–Crippen MR) is 107 cm³/mol. The fourth-order valence-corrected chi connectivity index (χ4v) is 2.97. The lowest BCUT2D eigenvalue weighted by Gasteiger charge is -2.01. The molecule has 1 N–H and O–H groups in total. The molecule has 0 saturated carbocycles. The maximum atomic E-state index is 13.1. The molecule has 0 unspecified atom stereocenters. The SMILES string of the molecule is Fc1ccc(Cc2n[nH]c(=S)n2/N=C\c2cnn(Cc3ccccc3)c2)cc1. The summed E-state index contributed by atoms with van der Waals surface area (Å²) in [6.07, 6.45) is 5.83. The van der Waals surface area contributed by atoms with Crippen molar-refractivity contribution in [3.63, 3.8) is 0 Å². The number of benzene rings is 2. The fraction of sp³-hybridized carbons (Fsp3) is 0.100. The predicted octanol–water partition coefficient (Wildman–Crippen LogP) is 3.80. The molecule has 2 aromatic carbocycles. The zero-order valence-corrected chi connectivity index (χ0v) is 15.7. The van der Waals surface area contributed by atoms with E-state index in [0.717, 1.165) is 11.1 Å². The van der Waals surface area contributed by atoms with Crippen LogP contribution in [0.15, 0.2) is 72.1 Å². The van der Waals surface area contributed by atoms with E-state index in [1.165, 1.54) is 17.7 Å². The number of aromatic nitrogens is 5. The Morgan fingerprint density at radius 1 is 1.07 bits per heavy atom. The molecule has 0 aliphatic rings. The fourth-order valence-electron chi connectivity index (χ4n) is 2.77. The van der Waals surface area contributed by atoms with E-state index in [1.807, 2.05) is 29.1 Å². The molecule has 0 spiro atoms. The zero-order valence-electron chi connectivity index (χ0n) is 14.9. The number of hydrogen-bond donors (Lipinski definition) is 1. The Kier molecular flexibility index (Phi) is 5.20. The lowest BCUT2D eigenvalue weighted by Crippen LogP contribution is -2.01. The molecular weight excluding hydrogens is 375 g/mol. The third kappa shape index (κ3) is 4.29. The molecule has 0 atom stereocenters. The topological polar surface area (TPSA) is 63.8 Å². The van der Waals surface area contributed by atoms with Crippen LogP contribution in [-0.2, 0) is 13.0 Å². The number of aromatic amines is 1. The van der Waals surface area contributed by atoms with Crippen LogP contribution in [0.3, 0.4) is 0 Å². The van der Waals surface area contributed by atoms with Crippen LogP contribution in [0.25, 0.3) is 0 Å². The van der Waals surface area contributed by atoms with E-state index in [-0.39, 0.29) is 5.82 Å². The van der Waals surface area contributed by atoms with Crippen molar-refractivity contribution in [1.29, 1.82) is 0 Å². The van der Waals surface area contributed by atoms with Crippen molar-refractivity contribution in [3.05, 3.63) is 100 Å². The van der Waals surface area contributed by atoms with E-state index >= 15 is 0 Å². The number of rotatable bonds is 6. The molecule has 28 heavy (non-hydrogen) atoms. The van der Waals surface area contributed by atoms with Gasteiger partial charge in [-0.05, 0) is 35.5 Å². The second kappa shape index (κ2) is 8.10. The molecule has 0 fully saturated rings. The average Bonchev–Trinajstić information content (AvgIpc) is 3.29. The molecule has 0 amide bonds. The first-order valence-electron chi connectivity index (χ1n) is 8.69. The lowest BCUT2D eigenvalue weighted by molar-refractivity contribution is 0.627. The minimum Gasteiger partial charge on any atom is -0.268 e. The molecule has 0 radical (unpaired) electrons. The molecule has 2 heterocycles. The van der Waals surface area contributed by atoms with Gasteiger partial charge >= 0.3 is 0 Å². The molecule has 6 nitrogen and oxygen atoms in total. The molecule has 0 aliphatic carbocycles. The third-order valence-electron chi connectivity index (χ3n) is 4.16. The van der Waals surface area contributed by atoms with Crippen molar-refractivity contribution in [2.45, 2.75) is 13.0 Å². The van der Waals surface area contributed by atoms with Crippen molar-refractivity contribution >= 4 is 18.4 Å². The second-order valence-corrected chi connectivity index (χ2v) is 6.65. The highest BCUT2D eigenvalue weighted by atomic mass is 32.1. The van der Waals surface area contributed by atoms with Gasteiger partial charge in [0.15, 0.2) is 5.82 Å². The molecular formula is C20H17FN6S. The quantitative estimate of drug-likeness (QED) is 0.401. The Labute approximate surface area is 166 Å². The summed E-state index contributed by atoms with van der Waals surface area (Å²) in [4.78, 5) is 0. The molecule has 0 bridgehead atoms. The van der Waals surface area contributed by atoms with Crippen LogP contribution in [-0.4, -0.2) is 30.9 Å². The summed E-state index contributed by atoms with van der Waals surface area (Å²) in [6, 6.07) is 16.4. The smallest absolute Gasteiger partial charge is 0.216 e. The van der Waals surface area contributed by atoms with Crippen LogP contribution in [0.2, 0.25) is 0 Å². The van der Waals surface area contributed by atoms with E-state index in [4.69, 9.17) is 12.2 Å². The van der Waals surface area contributed by atoms with Crippen LogP contribution >= 0.6 is 12.2 Å². The number of nitrogens with one attached hydrogen (secondary N) is 1. The largest absolute Gasteiger partial charge is 0.268 e. The van der Waals surface area contributed by atoms with Crippen LogP contribution in [0.1, 0.15) is 22.5 Å². The van der Waals surface area contributed by atoms with Crippen LogP contribution in [0.4, 0.5) is 4.39 Å². The van der Waals surface area contributed by atoms with Crippen LogP contribution in [0, 0.1) is 10.6 Å². The molecule has 4 aromatic rings. The van der Waals surface area contributed by atoms with Gasteiger partial charge in [-0.25, -0.2) is 4.39 Å². The standard InChI is InChI=1S/C20H17FN6S/c21-18-8-6-15(7-9-18)10-19-24-25-20(28)27(19)23-12-17-11-22-26(14-17)13-16-4-2-1-3-5-16/h1-9,11-12,14H,10,13H2,(H,25,28)/b23-12-. The summed E-state index contributed by atoms with van der Waals surface area (Å²) in [5.74, 6) is 0.373. The first-order valence-corrected chi connectivity index (χ1v) is 9.10. The highest BCUT2D eigenvalue weighted by molar-refractivity contribution is 7.71. The average molecular weight is 392 g/mol. The van der Waals surface area contributed by atoms with E-state index in [0.29, 0.717) is 23.6 Å². The van der Waals surface area contributed by atoms with Gasteiger partial charge in [0.1, 0.15) is 5.82 Å². The van der Waals surface area contributed by atoms with Gasteiger partial charge in [0.2, 0.25) is 4.77 Å². The first kappa shape index (κ1) is 18.0. The Balaban J connectivity index is 1.50. The summed E-state index contributed by atoms with van der Waals surface area (Å²) >= 11 is 5.27. The van der Waals surface area contributed by atoms with Gasteiger partial charge in [-0.15, -0.1) is 0 Å². The maximum absolute atomic E-state index is 13.1. The number of halogens is 1. The normalized spacial score (nSPS) is 11.3. The summed E-state index contributed by atoms with van der Waals surface area (Å²) < 4.78 is 16.9. The molecule has 2 aromatic heterocycles. The maximum Gasteiger partial charge on any atom is 0.216 e. The molecule has 8 heteroatoms. The van der Waals surface area contributed by atoms with Crippen LogP contribution < -0.4 is 0 Å². The number of H-pyrrole nitrogens is 1. The monoisotopic (exact) mass is 392 g/mol. The Morgan fingerprint density at radius 2 is 1.86 bits per heavy atom. The molecule has 4 rings (SSSR count). The summed E-state index contributed by atoms with van der Waals surface area (Å²) in [7, 11) is 0. The molecule has 0 saturated heterocycles. The third-order valence-corrected chi connectivity index (χ3v) is 4.42. The van der Waals surface area contributed by atoms with Crippen LogP contribution in [0.5, 0.6) is 0 Å². The van der Waals surface area contributed by atoms with Gasteiger partial charge in [0.25, 0.3) is 0 Å². The highest BCUT2D eigenvalue weighted by Gasteiger charge is 2.07. The minimum absolute atomic E-state index is 0.270. The van der Waals surface area contributed by atoms with Crippen molar-refractivity contribution < 1.29 is 4.39 Å². The Morgan fingerprint density at radius 3 is 2.64 bits per heavy atom. The Bertz CT molecular complexity index is 1140. The summed E-state index contributed by atoms with van der Waals surface area (Å²) in [5, 5.41) is 15.8.